The number of aromatic nitrogens is 3. The van der Waals surface area contributed by atoms with E-state index in [0.29, 0.717) is 11.4 Å². The number of aromatic hydroxyl groups is 1. The Balaban J connectivity index is 2.03. The van der Waals surface area contributed by atoms with E-state index in [-0.39, 0.29) is 11.6 Å². The molecule has 0 spiro atoms. The molecule has 18 heavy (non-hydrogen) atoms. The predicted octanol–water partition coefficient (Wildman–Crippen LogP) is 3.33. The zero-order chi connectivity index (χ0) is 12.5. The Morgan fingerprint density at radius 3 is 2.94 bits per heavy atom. The van der Waals surface area contributed by atoms with E-state index in [9.17, 15) is 5.11 Å². The quantitative estimate of drug-likeness (QED) is 0.783. The third-order valence-corrected chi connectivity index (χ3v) is 3.53. The molecule has 3 rings (SSSR count). The summed E-state index contributed by atoms with van der Waals surface area (Å²) in [5.74, 6) is 0.835. The van der Waals surface area contributed by atoms with Crippen LogP contribution in [0.1, 0.15) is 0 Å². The summed E-state index contributed by atoms with van der Waals surface area (Å²) in [7, 11) is 0. The van der Waals surface area contributed by atoms with E-state index in [1.54, 1.807) is 29.9 Å². The lowest BCUT2D eigenvalue weighted by atomic mass is 10.2. The van der Waals surface area contributed by atoms with Crippen molar-refractivity contribution in [2.75, 3.05) is 0 Å². The SMILES string of the molecule is Oc1cc(Br)ccc1-c1nc(-c2cncs2)no1. The van der Waals surface area contributed by atoms with Crippen molar-refractivity contribution in [3.8, 4) is 27.9 Å². The predicted molar refractivity (Wildman–Crippen MR) is 70.2 cm³/mol. The van der Waals surface area contributed by atoms with E-state index in [0.717, 1.165) is 9.35 Å². The maximum atomic E-state index is 9.82. The highest BCUT2D eigenvalue weighted by Crippen LogP contribution is 2.32. The van der Waals surface area contributed by atoms with Gasteiger partial charge in [-0.05, 0) is 18.2 Å². The van der Waals surface area contributed by atoms with Crippen molar-refractivity contribution in [1.29, 1.82) is 0 Å². The monoisotopic (exact) mass is 323 g/mol. The lowest BCUT2D eigenvalue weighted by molar-refractivity contribution is 0.426. The molecular weight excluding hydrogens is 318 g/mol. The van der Waals surface area contributed by atoms with Crippen molar-refractivity contribution in [2.45, 2.75) is 0 Å². The van der Waals surface area contributed by atoms with Gasteiger partial charge in [0, 0.05) is 10.7 Å². The number of phenolic OH excluding ortho intramolecular Hbond substituents is 1. The Hall–Kier alpha value is -1.73. The van der Waals surface area contributed by atoms with Gasteiger partial charge in [-0.15, -0.1) is 11.3 Å². The van der Waals surface area contributed by atoms with Gasteiger partial charge in [-0.1, -0.05) is 21.1 Å². The molecule has 0 radical (unpaired) electrons. The fraction of sp³-hybridized carbons (Fsp3) is 0. The highest BCUT2D eigenvalue weighted by Gasteiger charge is 2.14. The lowest BCUT2D eigenvalue weighted by Gasteiger charge is -1.98. The molecule has 2 heterocycles. The molecule has 7 heteroatoms. The molecule has 0 fully saturated rings. The summed E-state index contributed by atoms with van der Waals surface area (Å²) in [5, 5.41) is 13.7. The van der Waals surface area contributed by atoms with Crippen molar-refractivity contribution >= 4 is 27.3 Å². The minimum absolute atomic E-state index is 0.0869. The van der Waals surface area contributed by atoms with Crippen LogP contribution in [0.15, 0.2) is 38.9 Å². The summed E-state index contributed by atoms with van der Waals surface area (Å²) >= 11 is 4.70. The van der Waals surface area contributed by atoms with E-state index >= 15 is 0 Å². The van der Waals surface area contributed by atoms with Crippen LogP contribution in [0.2, 0.25) is 0 Å². The first-order chi connectivity index (χ1) is 8.74. The van der Waals surface area contributed by atoms with Gasteiger partial charge in [0.05, 0.1) is 16.0 Å². The van der Waals surface area contributed by atoms with E-state index in [1.807, 2.05) is 0 Å². The van der Waals surface area contributed by atoms with E-state index < -0.39 is 0 Å². The van der Waals surface area contributed by atoms with E-state index in [4.69, 9.17) is 4.52 Å². The van der Waals surface area contributed by atoms with Crippen molar-refractivity contribution in [2.24, 2.45) is 0 Å². The Labute approximate surface area is 114 Å². The minimum Gasteiger partial charge on any atom is -0.507 e. The summed E-state index contributed by atoms with van der Waals surface area (Å²) in [6.07, 6.45) is 1.67. The van der Waals surface area contributed by atoms with Crippen LogP contribution in [0.5, 0.6) is 5.75 Å². The number of rotatable bonds is 2. The molecule has 5 nitrogen and oxygen atoms in total. The molecule has 1 aromatic carbocycles. The fourth-order valence-electron chi connectivity index (χ4n) is 1.44. The number of benzene rings is 1. The number of nitrogens with zero attached hydrogens (tertiary/aromatic N) is 3. The average Bonchev–Trinajstić information content (AvgIpc) is 2.99. The third-order valence-electron chi connectivity index (χ3n) is 2.27. The molecule has 0 aliphatic carbocycles. The number of halogens is 1. The van der Waals surface area contributed by atoms with Gasteiger partial charge in [0.1, 0.15) is 5.75 Å². The van der Waals surface area contributed by atoms with Crippen LogP contribution < -0.4 is 0 Å². The molecule has 0 bridgehead atoms. The first kappa shape index (κ1) is 11.4. The van der Waals surface area contributed by atoms with Gasteiger partial charge in [0.2, 0.25) is 5.82 Å². The molecule has 90 valence electrons. The second-order valence-corrected chi connectivity index (χ2v) is 5.25. The number of thiazole rings is 1. The topological polar surface area (TPSA) is 72.0 Å². The summed E-state index contributed by atoms with van der Waals surface area (Å²) < 4.78 is 5.92. The van der Waals surface area contributed by atoms with Crippen LogP contribution in [-0.2, 0) is 0 Å². The van der Waals surface area contributed by atoms with Crippen molar-refractivity contribution in [1.82, 2.24) is 15.1 Å². The highest BCUT2D eigenvalue weighted by molar-refractivity contribution is 9.10. The molecule has 0 saturated heterocycles. The van der Waals surface area contributed by atoms with Crippen molar-refractivity contribution in [3.63, 3.8) is 0 Å². The van der Waals surface area contributed by atoms with Gasteiger partial charge >= 0.3 is 0 Å². The Bertz CT molecular complexity index is 681. The van der Waals surface area contributed by atoms with E-state index in [1.165, 1.54) is 11.3 Å². The zero-order valence-electron chi connectivity index (χ0n) is 8.87. The maximum absolute atomic E-state index is 9.82. The van der Waals surface area contributed by atoms with Gasteiger partial charge in [0.25, 0.3) is 5.89 Å². The molecule has 0 atom stereocenters. The zero-order valence-corrected chi connectivity index (χ0v) is 11.3. The maximum Gasteiger partial charge on any atom is 0.262 e. The normalized spacial score (nSPS) is 10.7. The average molecular weight is 324 g/mol. The first-order valence-electron chi connectivity index (χ1n) is 4.95. The van der Waals surface area contributed by atoms with Crippen LogP contribution >= 0.6 is 27.3 Å². The number of phenols is 1. The second kappa shape index (κ2) is 4.51. The van der Waals surface area contributed by atoms with Gasteiger partial charge < -0.3 is 9.63 Å². The van der Waals surface area contributed by atoms with Gasteiger partial charge in [0.15, 0.2) is 0 Å². The molecule has 0 aliphatic rings. The van der Waals surface area contributed by atoms with Crippen molar-refractivity contribution in [3.05, 3.63) is 34.4 Å². The lowest BCUT2D eigenvalue weighted by Crippen LogP contribution is -1.80. The summed E-state index contributed by atoms with van der Waals surface area (Å²) in [6.45, 7) is 0. The van der Waals surface area contributed by atoms with Crippen LogP contribution in [0.25, 0.3) is 22.2 Å². The molecule has 0 saturated carbocycles. The van der Waals surface area contributed by atoms with Gasteiger partial charge in [-0.2, -0.15) is 4.98 Å². The van der Waals surface area contributed by atoms with Crippen LogP contribution in [0.3, 0.4) is 0 Å². The highest BCUT2D eigenvalue weighted by atomic mass is 79.9. The smallest absolute Gasteiger partial charge is 0.262 e. The molecular formula is C11H6BrN3O2S. The van der Waals surface area contributed by atoms with Crippen LogP contribution in [0, 0.1) is 0 Å². The molecule has 0 aliphatic heterocycles. The number of hydrogen-bond donors (Lipinski definition) is 1. The molecule has 0 unspecified atom stereocenters. The number of hydrogen-bond acceptors (Lipinski definition) is 6. The standard InChI is InChI=1S/C11H6BrN3O2S/c12-6-1-2-7(8(16)3-6)11-14-10(15-17-11)9-4-13-5-18-9/h1-5,16H. The van der Waals surface area contributed by atoms with E-state index in [2.05, 4.69) is 31.1 Å². The fourth-order valence-corrected chi connectivity index (χ4v) is 2.34. The third kappa shape index (κ3) is 2.02. The molecule has 0 amide bonds. The summed E-state index contributed by atoms with van der Waals surface area (Å²) in [4.78, 5) is 9.00. The molecule has 3 aromatic rings. The summed E-state index contributed by atoms with van der Waals surface area (Å²) in [5.41, 5.74) is 2.20. The first-order valence-corrected chi connectivity index (χ1v) is 6.63. The largest absolute Gasteiger partial charge is 0.507 e. The van der Waals surface area contributed by atoms with Crippen LogP contribution in [-0.4, -0.2) is 20.2 Å². The minimum atomic E-state index is 0.0869. The Kier molecular flexibility index (Phi) is 2.85. The molecule has 2 aromatic heterocycles. The summed E-state index contributed by atoms with van der Waals surface area (Å²) in [6, 6.07) is 5.08. The Morgan fingerprint density at radius 1 is 1.33 bits per heavy atom. The Morgan fingerprint density at radius 2 is 2.22 bits per heavy atom. The van der Waals surface area contributed by atoms with Gasteiger partial charge in [-0.3, -0.25) is 4.98 Å². The second-order valence-electron chi connectivity index (χ2n) is 3.45. The van der Waals surface area contributed by atoms with Gasteiger partial charge in [-0.25, -0.2) is 0 Å². The molecule has 1 N–H and O–H groups in total. The van der Waals surface area contributed by atoms with Crippen LogP contribution in [0.4, 0.5) is 0 Å². The van der Waals surface area contributed by atoms with Crippen molar-refractivity contribution < 1.29 is 9.63 Å².